The van der Waals surface area contributed by atoms with Crippen molar-refractivity contribution in [2.24, 2.45) is 0 Å². The van der Waals surface area contributed by atoms with E-state index >= 15 is 0 Å². The number of likely N-dealkylation sites (N-methyl/N-ethyl adjacent to an activating group) is 2. The molecule has 0 bridgehead atoms. The summed E-state index contributed by atoms with van der Waals surface area (Å²) in [6, 6.07) is 0.794. The lowest BCUT2D eigenvalue weighted by molar-refractivity contribution is 0.132. The third-order valence-electron chi connectivity index (χ3n) is 4.77. The Morgan fingerprint density at radius 2 is 1.60 bits per heavy atom. The Bertz CT molecular complexity index is 223. The quantitative estimate of drug-likeness (QED) is 0.611. The van der Waals surface area contributed by atoms with Gasteiger partial charge in [-0.3, -0.25) is 0 Å². The first kappa shape index (κ1) is 17.9. The summed E-state index contributed by atoms with van der Waals surface area (Å²) in [6.45, 7) is 17.4. The van der Waals surface area contributed by atoms with Crippen LogP contribution in [0.5, 0.6) is 0 Å². The molecule has 1 aliphatic rings. The Morgan fingerprint density at radius 3 is 2.15 bits per heavy atom. The van der Waals surface area contributed by atoms with Crippen LogP contribution in [0.2, 0.25) is 0 Å². The van der Waals surface area contributed by atoms with Crippen molar-refractivity contribution in [2.75, 3.05) is 66.0 Å². The first-order valence-electron chi connectivity index (χ1n) is 8.56. The van der Waals surface area contributed by atoms with Gasteiger partial charge < -0.3 is 20.0 Å². The summed E-state index contributed by atoms with van der Waals surface area (Å²) in [5, 5.41) is 3.58. The van der Waals surface area contributed by atoms with Crippen LogP contribution in [0.1, 0.15) is 33.6 Å². The molecular weight excluding hydrogens is 248 g/mol. The lowest BCUT2D eigenvalue weighted by atomic mass is 10.0. The zero-order chi connectivity index (χ0) is 14.8. The van der Waals surface area contributed by atoms with E-state index in [9.17, 15) is 0 Å². The van der Waals surface area contributed by atoms with E-state index in [0.29, 0.717) is 0 Å². The fraction of sp³-hybridized carbons (Fsp3) is 1.00. The standard InChI is InChI=1S/C16H36N4/c1-5-19(6-2)15-11-17-10-14-18(4)16-8-12-20(7-3)13-9-16/h16-17H,5-15H2,1-4H3. The van der Waals surface area contributed by atoms with Crippen molar-refractivity contribution in [1.29, 1.82) is 0 Å². The molecule has 1 saturated heterocycles. The highest BCUT2D eigenvalue weighted by Gasteiger charge is 2.20. The van der Waals surface area contributed by atoms with Gasteiger partial charge in [0.25, 0.3) is 0 Å². The van der Waals surface area contributed by atoms with E-state index in [2.05, 4.69) is 47.8 Å². The van der Waals surface area contributed by atoms with Gasteiger partial charge >= 0.3 is 0 Å². The molecule has 1 aliphatic heterocycles. The summed E-state index contributed by atoms with van der Waals surface area (Å²) in [7, 11) is 2.29. The predicted molar refractivity (Wildman–Crippen MR) is 88.4 cm³/mol. The molecule has 0 spiro atoms. The van der Waals surface area contributed by atoms with Gasteiger partial charge in [0, 0.05) is 32.2 Å². The number of rotatable bonds is 10. The van der Waals surface area contributed by atoms with Gasteiger partial charge in [-0.05, 0) is 52.6 Å². The molecule has 0 unspecified atom stereocenters. The Morgan fingerprint density at radius 1 is 1.00 bits per heavy atom. The van der Waals surface area contributed by atoms with Crippen molar-refractivity contribution in [1.82, 2.24) is 20.0 Å². The lowest BCUT2D eigenvalue weighted by Gasteiger charge is -2.36. The fourth-order valence-electron chi connectivity index (χ4n) is 3.02. The van der Waals surface area contributed by atoms with Crippen molar-refractivity contribution in [3.8, 4) is 0 Å². The van der Waals surface area contributed by atoms with Crippen molar-refractivity contribution in [3.63, 3.8) is 0 Å². The zero-order valence-corrected chi connectivity index (χ0v) is 14.2. The third kappa shape index (κ3) is 6.53. The van der Waals surface area contributed by atoms with E-state index in [0.717, 1.165) is 32.2 Å². The molecule has 4 heteroatoms. The van der Waals surface area contributed by atoms with Crippen LogP contribution >= 0.6 is 0 Å². The molecule has 0 atom stereocenters. The minimum absolute atomic E-state index is 0.794. The van der Waals surface area contributed by atoms with Crippen LogP contribution in [0.4, 0.5) is 0 Å². The van der Waals surface area contributed by atoms with Gasteiger partial charge in [0.05, 0.1) is 0 Å². The Balaban J connectivity index is 2.04. The highest BCUT2D eigenvalue weighted by molar-refractivity contribution is 4.78. The Kier molecular flexibility index (Phi) is 9.44. The maximum Gasteiger partial charge on any atom is 0.0117 e. The fourth-order valence-corrected chi connectivity index (χ4v) is 3.02. The van der Waals surface area contributed by atoms with Gasteiger partial charge in [0.15, 0.2) is 0 Å². The van der Waals surface area contributed by atoms with Crippen LogP contribution in [-0.2, 0) is 0 Å². The molecule has 0 aromatic heterocycles. The van der Waals surface area contributed by atoms with Gasteiger partial charge in [-0.25, -0.2) is 0 Å². The SMILES string of the molecule is CCN(CC)CCNCCN(C)C1CCN(CC)CC1. The zero-order valence-electron chi connectivity index (χ0n) is 14.2. The minimum atomic E-state index is 0.794. The summed E-state index contributed by atoms with van der Waals surface area (Å²) < 4.78 is 0. The molecule has 4 nitrogen and oxygen atoms in total. The smallest absolute Gasteiger partial charge is 0.0117 e. The topological polar surface area (TPSA) is 21.8 Å². The molecule has 1 fully saturated rings. The van der Waals surface area contributed by atoms with Gasteiger partial charge in [0.1, 0.15) is 0 Å². The number of hydrogen-bond acceptors (Lipinski definition) is 4. The molecule has 0 aliphatic carbocycles. The minimum Gasteiger partial charge on any atom is -0.314 e. The number of nitrogens with one attached hydrogen (secondary N) is 1. The van der Waals surface area contributed by atoms with E-state index in [-0.39, 0.29) is 0 Å². The van der Waals surface area contributed by atoms with E-state index in [1.54, 1.807) is 0 Å². The van der Waals surface area contributed by atoms with Crippen molar-refractivity contribution < 1.29 is 0 Å². The molecule has 1 rings (SSSR count). The van der Waals surface area contributed by atoms with Gasteiger partial charge in [-0.2, -0.15) is 0 Å². The monoisotopic (exact) mass is 284 g/mol. The summed E-state index contributed by atoms with van der Waals surface area (Å²) in [5.74, 6) is 0. The van der Waals surface area contributed by atoms with E-state index in [1.165, 1.54) is 45.6 Å². The third-order valence-corrected chi connectivity index (χ3v) is 4.77. The molecular formula is C16H36N4. The highest BCUT2D eigenvalue weighted by Crippen LogP contribution is 2.14. The van der Waals surface area contributed by atoms with Crippen LogP contribution in [0.25, 0.3) is 0 Å². The molecule has 1 heterocycles. The molecule has 1 N–H and O–H groups in total. The number of nitrogens with zero attached hydrogens (tertiary/aromatic N) is 3. The summed E-state index contributed by atoms with van der Waals surface area (Å²) >= 11 is 0. The van der Waals surface area contributed by atoms with Gasteiger partial charge in [-0.15, -0.1) is 0 Å². The van der Waals surface area contributed by atoms with Gasteiger partial charge in [0.2, 0.25) is 0 Å². The number of likely N-dealkylation sites (tertiary alicyclic amines) is 1. The van der Waals surface area contributed by atoms with Crippen LogP contribution in [-0.4, -0.2) is 86.7 Å². The maximum absolute atomic E-state index is 3.58. The summed E-state index contributed by atoms with van der Waals surface area (Å²) in [4.78, 5) is 7.58. The second kappa shape index (κ2) is 10.6. The largest absolute Gasteiger partial charge is 0.314 e. The van der Waals surface area contributed by atoms with Gasteiger partial charge in [-0.1, -0.05) is 20.8 Å². The Labute approximate surface area is 126 Å². The molecule has 0 amide bonds. The summed E-state index contributed by atoms with van der Waals surface area (Å²) in [5.41, 5.74) is 0. The average Bonchev–Trinajstić information content (AvgIpc) is 2.50. The second-order valence-electron chi connectivity index (χ2n) is 5.92. The second-order valence-corrected chi connectivity index (χ2v) is 5.92. The average molecular weight is 284 g/mol. The van der Waals surface area contributed by atoms with Crippen LogP contribution < -0.4 is 5.32 Å². The van der Waals surface area contributed by atoms with Crippen molar-refractivity contribution in [3.05, 3.63) is 0 Å². The van der Waals surface area contributed by atoms with Crippen LogP contribution in [0.15, 0.2) is 0 Å². The van der Waals surface area contributed by atoms with E-state index < -0.39 is 0 Å². The molecule has 0 aromatic rings. The Hall–Kier alpha value is -0.160. The first-order valence-corrected chi connectivity index (χ1v) is 8.56. The maximum atomic E-state index is 3.58. The molecule has 0 aromatic carbocycles. The molecule has 0 saturated carbocycles. The van der Waals surface area contributed by atoms with E-state index in [1.807, 2.05) is 0 Å². The highest BCUT2D eigenvalue weighted by atomic mass is 15.2. The molecule has 120 valence electrons. The van der Waals surface area contributed by atoms with Crippen LogP contribution in [0.3, 0.4) is 0 Å². The lowest BCUT2D eigenvalue weighted by Crippen LogP contribution is -2.45. The first-order chi connectivity index (χ1) is 9.71. The van der Waals surface area contributed by atoms with Crippen molar-refractivity contribution >= 4 is 0 Å². The normalized spacial score (nSPS) is 18.3. The van der Waals surface area contributed by atoms with Crippen molar-refractivity contribution in [2.45, 2.75) is 39.7 Å². The van der Waals surface area contributed by atoms with Crippen LogP contribution in [0, 0.1) is 0 Å². The number of piperidine rings is 1. The molecule has 0 radical (unpaired) electrons. The predicted octanol–water partition coefficient (Wildman–Crippen LogP) is 1.33. The van der Waals surface area contributed by atoms with E-state index in [4.69, 9.17) is 0 Å². The number of hydrogen-bond donors (Lipinski definition) is 1. The summed E-state index contributed by atoms with van der Waals surface area (Å²) in [6.07, 6.45) is 2.67. The molecule has 20 heavy (non-hydrogen) atoms.